The molecule has 2 N–H and O–H groups in total. The quantitative estimate of drug-likeness (QED) is 0.752. The van der Waals surface area contributed by atoms with Crippen LogP contribution >= 0.6 is 0 Å². The topological polar surface area (TPSA) is 41.1 Å². The molecule has 0 aliphatic rings. The van der Waals surface area contributed by atoms with E-state index in [9.17, 15) is 9.18 Å². The molecule has 1 aromatic rings. The Morgan fingerprint density at radius 3 is 2.88 bits per heavy atom. The number of hydrogen-bond acceptors (Lipinski definition) is 2. The molecule has 0 saturated heterocycles. The van der Waals surface area contributed by atoms with Gasteiger partial charge < -0.3 is 5.32 Å². The normalized spacial score (nSPS) is 11.6. The van der Waals surface area contributed by atoms with Crippen molar-refractivity contribution in [3.8, 4) is 12.3 Å². The third kappa shape index (κ3) is 3.71. The molecule has 84 valence electrons. The lowest BCUT2D eigenvalue weighted by molar-refractivity contribution is -0.115. The average Bonchev–Trinajstić information content (AvgIpc) is 2.29. The molecule has 0 radical (unpaired) electrons. The predicted molar refractivity (Wildman–Crippen MR) is 61.3 cm³/mol. The van der Waals surface area contributed by atoms with Gasteiger partial charge in [0.15, 0.2) is 0 Å². The summed E-state index contributed by atoms with van der Waals surface area (Å²) < 4.78 is 13.1. The maximum absolute atomic E-state index is 13.1. The lowest BCUT2D eigenvalue weighted by Gasteiger charge is -2.08. The minimum atomic E-state index is -0.458. The van der Waals surface area contributed by atoms with Gasteiger partial charge in [0.1, 0.15) is 5.82 Å². The summed E-state index contributed by atoms with van der Waals surface area (Å²) in [7, 11) is 0. The van der Waals surface area contributed by atoms with E-state index in [1.807, 2.05) is 0 Å². The molecular formula is C12H13FN2O. The van der Waals surface area contributed by atoms with Crippen molar-refractivity contribution in [1.82, 2.24) is 5.32 Å². The number of amides is 1. The summed E-state index contributed by atoms with van der Waals surface area (Å²) in [4.78, 5) is 11.4. The smallest absolute Gasteiger partial charge is 0.238 e. The van der Waals surface area contributed by atoms with Gasteiger partial charge in [-0.15, -0.1) is 6.42 Å². The number of para-hydroxylation sites is 1. The number of hydrogen-bond donors (Lipinski definition) is 2. The minimum Gasteiger partial charge on any atom is -0.322 e. The zero-order chi connectivity index (χ0) is 12.0. The Kier molecular flexibility index (Phi) is 4.49. The van der Waals surface area contributed by atoms with Crippen LogP contribution in [0.5, 0.6) is 0 Å². The second-order valence-corrected chi connectivity index (χ2v) is 3.30. The fourth-order valence-corrected chi connectivity index (χ4v) is 1.06. The number of nitrogens with one attached hydrogen (secondary N) is 2. The van der Waals surface area contributed by atoms with E-state index in [4.69, 9.17) is 6.42 Å². The third-order valence-electron chi connectivity index (χ3n) is 1.97. The highest BCUT2D eigenvalue weighted by Crippen LogP contribution is 2.11. The number of halogens is 1. The highest BCUT2D eigenvalue weighted by atomic mass is 19.1. The van der Waals surface area contributed by atoms with Crippen LogP contribution in [-0.2, 0) is 4.79 Å². The van der Waals surface area contributed by atoms with Crippen molar-refractivity contribution in [2.24, 2.45) is 0 Å². The Morgan fingerprint density at radius 2 is 2.25 bits per heavy atom. The average molecular weight is 220 g/mol. The zero-order valence-corrected chi connectivity index (χ0v) is 8.96. The fraction of sp³-hybridized carbons (Fsp3) is 0.250. The van der Waals surface area contributed by atoms with Crippen LogP contribution in [0.3, 0.4) is 0 Å². The van der Waals surface area contributed by atoms with Gasteiger partial charge in [0, 0.05) is 0 Å². The molecule has 0 saturated carbocycles. The Bertz CT molecular complexity index is 412. The monoisotopic (exact) mass is 220 g/mol. The van der Waals surface area contributed by atoms with E-state index in [-0.39, 0.29) is 24.2 Å². The first-order valence-electron chi connectivity index (χ1n) is 4.87. The molecule has 1 atom stereocenters. The molecule has 0 bridgehead atoms. The van der Waals surface area contributed by atoms with E-state index in [0.717, 1.165) is 0 Å². The van der Waals surface area contributed by atoms with Crippen molar-refractivity contribution < 1.29 is 9.18 Å². The SMILES string of the molecule is C#CC(C)NCC(=O)Nc1ccccc1F. The lowest BCUT2D eigenvalue weighted by atomic mass is 10.3. The van der Waals surface area contributed by atoms with Crippen molar-refractivity contribution >= 4 is 11.6 Å². The van der Waals surface area contributed by atoms with Crippen LogP contribution in [0.15, 0.2) is 24.3 Å². The van der Waals surface area contributed by atoms with E-state index in [2.05, 4.69) is 16.6 Å². The van der Waals surface area contributed by atoms with Crippen LogP contribution in [0, 0.1) is 18.2 Å². The van der Waals surface area contributed by atoms with E-state index >= 15 is 0 Å². The van der Waals surface area contributed by atoms with Gasteiger partial charge in [0.05, 0.1) is 18.3 Å². The van der Waals surface area contributed by atoms with Gasteiger partial charge in [-0.3, -0.25) is 10.1 Å². The van der Waals surface area contributed by atoms with Crippen molar-refractivity contribution in [3.63, 3.8) is 0 Å². The standard InChI is InChI=1S/C12H13FN2O/c1-3-9(2)14-8-12(16)15-11-7-5-4-6-10(11)13/h1,4-7,9,14H,8H2,2H3,(H,15,16). The molecule has 0 spiro atoms. The summed E-state index contributed by atoms with van der Waals surface area (Å²) in [6.07, 6.45) is 5.13. The molecule has 16 heavy (non-hydrogen) atoms. The Morgan fingerprint density at radius 1 is 1.56 bits per heavy atom. The summed E-state index contributed by atoms with van der Waals surface area (Å²) in [6, 6.07) is 5.80. The molecule has 0 heterocycles. The van der Waals surface area contributed by atoms with Crippen molar-refractivity contribution in [2.75, 3.05) is 11.9 Å². The van der Waals surface area contributed by atoms with Crippen LogP contribution in [0.25, 0.3) is 0 Å². The summed E-state index contributed by atoms with van der Waals surface area (Å²) in [6.45, 7) is 1.82. The van der Waals surface area contributed by atoms with Crippen LogP contribution < -0.4 is 10.6 Å². The molecule has 1 unspecified atom stereocenters. The molecule has 0 aromatic heterocycles. The van der Waals surface area contributed by atoms with Gasteiger partial charge in [-0.25, -0.2) is 4.39 Å². The van der Waals surface area contributed by atoms with Gasteiger partial charge in [0.25, 0.3) is 0 Å². The Labute approximate surface area is 94.0 Å². The zero-order valence-electron chi connectivity index (χ0n) is 8.96. The molecule has 4 heteroatoms. The minimum absolute atomic E-state index is 0.0553. The van der Waals surface area contributed by atoms with Gasteiger partial charge in [-0.05, 0) is 19.1 Å². The summed E-state index contributed by atoms with van der Waals surface area (Å²) in [5, 5.41) is 5.25. The first kappa shape index (κ1) is 12.2. The number of terminal acetylenes is 1. The summed E-state index contributed by atoms with van der Waals surface area (Å²) >= 11 is 0. The third-order valence-corrected chi connectivity index (χ3v) is 1.97. The predicted octanol–water partition coefficient (Wildman–Crippen LogP) is 1.38. The van der Waals surface area contributed by atoms with Gasteiger partial charge in [0.2, 0.25) is 5.91 Å². The largest absolute Gasteiger partial charge is 0.322 e. The number of carbonyl (C=O) groups excluding carboxylic acids is 1. The fourth-order valence-electron chi connectivity index (χ4n) is 1.06. The molecular weight excluding hydrogens is 207 g/mol. The highest BCUT2D eigenvalue weighted by molar-refractivity contribution is 5.92. The molecule has 1 rings (SSSR count). The number of rotatable bonds is 4. The van der Waals surface area contributed by atoms with Gasteiger partial charge in [-0.1, -0.05) is 18.1 Å². The van der Waals surface area contributed by atoms with Crippen LogP contribution in [0.2, 0.25) is 0 Å². The summed E-state index contributed by atoms with van der Waals surface area (Å²) in [5.74, 6) is 1.65. The van der Waals surface area contributed by atoms with Gasteiger partial charge in [-0.2, -0.15) is 0 Å². The summed E-state index contributed by atoms with van der Waals surface area (Å²) in [5.41, 5.74) is 0.169. The number of anilines is 1. The molecule has 0 fully saturated rings. The van der Waals surface area contributed by atoms with Crippen LogP contribution in [-0.4, -0.2) is 18.5 Å². The molecule has 1 aromatic carbocycles. The Hall–Kier alpha value is -1.86. The molecule has 1 amide bonds. The number of benzene rings is 1. The van der Waals surface area contributed by atoms with E-state index in [1.54, 1.807) is 19.1 Å². The first-order valence-corrected chi connectivity index (χ1v) is 4.87. The van der Waals surface area contributed by atoms with E-state index in [0.29, 0.717) is 0 Å². The molecule has 3 nitrogen and oxygen atoms in total. The molecule has 0 aliphatic carbocycles. The number of carbonyl (C=O) groups is 1. The van der Waals surface area contributed by atoms with Gasteiger partial charge >= 0.3 is 0 Å². The molecule has 0 aliphatic heterocycles. The van der Waals surface area contributed by atoms with E-state index < -0.39 is 5.82 Å². The lowest BCUT2D eigenvalue weighted by Crippen LogP contribution is -2.33. The van der Waals surface area contributed by atoms with Crippen LogP contribution in [0.1, 0.15) is 6.92 Å². The van der Waals surface area contributed by atoms with E-state index in [1.165, 1.54) is 12.1 Å². The maximum Gasteiger partial charge on any atom is 0.238 e. The first-order chi connectivity index (χ1) is 7.63. The van der Waals surface area contributed by atoms with Crippen LogP contribution in [0.4, 0.5) is 10.1 Å². The van der Waals surface area contributed by atoms with Crippen molar-refractivity contribution in [3.05, 3.63) is 30.1 Å². The second-order valence-electron chi connectivity index (χ2n) is 3.30. The second kappa shape index (κ2) is 5.89. The maximum atomic E-state index is 13.1. The van der Waals surface area contributed by atoms with Crippen molar-refractivity contribution in [1.29, 1.82) is 0 Å². The highest BCUT2D eigenvalue weighted by Gasteiger charge is 2.06. The van der Waals surface area contributed by atoms with Crippen molar-refractivity contribution in [2.45, 2.75) is 13.0 Å². The Balaban J connectivity index is 2.47.